The maximum absolute atomic E-state index is 11.9. The standard InChI is InChI=1S/C13H18N2O3S/c1-8(2)13-15-9(3)11(19-13)12(17)14-7-5-6-10(16)18-4/h5-6,8H,7H2,1-4H3,(H,14,17)/b6-5+. The monoisotopic (exact) mass is 282 g/mol. The van der Waals surface area contributed by atoms with Crippen molar-refractivity contribution in [3.63, 3.8) is 0 Å². The van der Waals surface area contributed by atoms with Gasteiger partial charge in [0.1, 0.15) is 4.88 Å². The second-order valence-electron chi connectivity index (χ2n) is 4.26. The third-order valence-electron chi connectivity index (χ3n) is 2.35. The molecule has 0 unspecified atom stereocenters. The largest absolute Gasteiger partial charge is 0.466 e. The summed E-state index contributed by atoms with van der Waals surface area (Å²) >= 11 is 1.41. The van der Waals surface area contributed by atoms with E-state index in [4.69, 9.17) is 0 Å². The zero-order valence-corrected chi connectivity index (χ0v) is 12.3. The maximum Gasteiger partial charge on any atom is 0.330 e. The predicted molar refractivity (Wildman–Crippen MR) is 74.4 cm³/mol. The van der Waals surface area contributed by atoms with E-state index in [1.165, 1.54) is 24.5 Å². The van der Waals surface area contributed by atoms with E-state index in [2.05, 4.69) is 15.0 Å². The van der Waals surface area contributed by atoms with Crippen LogP contribution in [-0.4, -0.2) is 30.5 Å². The average molecular weight is 282 g/mol. The number of thiazole rings is 1. The van der Waals surface area contributed by atoms with Crippen molar-refractivity contribution < 1.29 is 14.3 Å². The summed E-state index contributed by atoms with van der Waals surface area (Å²) in [6, 6.07) is 0. The summed E-state index contributed by atoms with van der Waals surface area (Å²) in [6.45, 7) is 6.18. The summed E-state index contributed by atoms with van der Waals surface area (Å²) in [5.41, 5.74) is 0.739. The number of carbonyl (C=O) groups excluding carboxylic acids is 2. The van der Waals surface area contributed by atoms with Crippen LogP contribution in [0.1, 0.15) is 40.1 Å². The molecule has 0 fully saturated rings. The van der Waals surface area contributed by atoms with Crippen LogP contribution < -0.4 is 5.32 Å². The molecular weight excluding hydrogens is 264 g/mol. The Labute approximate surface area is 116 Å². The lowest BCUT2D eigenvalue weighted by molar-refractivity contribution is -0.134. The molecule has 0 atom stereocenters. The number of aryl methyl sites for hydroxylation is 1. The van der Waals surface area contributed by atoms with Crippen molar-refractivity contribution >= 4 is 23.2 Å². The predicted octanol–water partition coefficient (Wildman–Crippen LogP) is 2.03. The maximum atomic E-state index is 11.9. The number of ether oxygens (including phenoxy) is 1. The first-order chi connectivity index (χ1) is 8.95. The fourth-order valence-electron chi connectivity index (χ4n) is 1.33. The number of hydrogen-bond donors (Lipinski definition) is 1. The first kappa shape index (κ1) is 15.4. The van der Waals surface area contributed by atoms with Crippen LogP contribution in [0.2, 0.25) is 0 Å². The molecule has 1 aromatic rings. The Morgan fingerprint density at radius 3 is 2.68 bits per heavy atom. The Morgan fingerprint density at radius 1 is 1.47 bits per heavy atom. The average Bonchev–Trinajstić information content (AvgIpc) is 2.76. The topological polar surface area (TPSA) is 68.3 Å². The molecule has 0 aliphatic carbocycles. The molecule has 5 nitrogen and oxygen atoms in total. The highest BCUT2D eigenvalue weighted by Gasteiger charge is 2.15. The van der Waals surface area contributed by atoms with Gasteiger partial charge in [-0.05, 0) is 6.92 Å². The molecule has 1 aromatic heterocycles. The second-order valence-corrected chi connectivity index (χ2v) is 5.29. The highest BCUT2D eigenvalue weighted by Crippen LogP contribution is 2.24. The molecule has 1 amide bonds. The molecule has 104 valence electrons. The number of hydrogen-bond acceptors (Lipinski definition) is 5. The first-order valence-corrected chi connectivity index (χ1v) is 6.77. The smallest absolute Gasteiger partial charge is 0.330 e. The number of nitrogens with zero attached hydrogens (tertiary/aromatic N) is 1. The second kappa shape index (κ2) is 7.04. The van der Waals surface area contributed by atoms with Crippen LogP contribution in [0.15, 0.2) is 12.2 Å². The van der Waals surface area contributed by atoms with Crippen molar-refractivity contribution in [3.05, 3.63) is 27.7 Å². The molecule has 1 rings (SSSR count). The van der Waals surface area contributed by atoms with E-state index in [0.717, 1.165) is 10.7 Å². The van der Waals surface area contributed by atoms with E-state index >= 15 is 0 Å². The van der Waals surface area contributed by atoms with Gasteiger partial charge in [-0.25, -0.2) is 9.78 Å². The molecule has 0 saturated carbocycles. The molecule has 19 heavy (non-hydrogen) atoms. The Balaban J connectivity index is 2.59. The fourth-order valence-corrected chi connectivity index (χ4v) is 2.32. The van der Waals surface area contributed by atoms with Gasteiger partial charge in [-0.15, -0.1) is 11.3 Å². The fraction of sp³-hybridized carbons (Fsp3) is 0.462. The van der Waals surface area contributed by atoms with Crippen LogP contribution >= 0.6 is 11.3 Å². The molecular formula is C13H18N2O3S. The molecule has 0 radical (unpaired) electrons. The molecule has 0 aliphatic rings. The van der Waals surface area contributed by atoms with Crippen molar-refractivity contribution in [2.24, 2.45) is 0 Å². The number of rotatable bonds is 5. The van der Waals surface area contributed by atoms with Crippen molar-refractivity contribution in [3.8, 4) is 0 Å². The van der Waals surface area contributed by atoms with Gasteiger partial charge in [0, 0.05) is 18.5 Å². The summed E-state index contributed by atoms with van der Waals surface area (Å²) in [4.78, 5) is 27.7. The van der Waals surface area contributed by atoms with Crippen molar-refractivity contribution in [1.29, 1.82) is 0 Å². The molecule has 0 spiro atoms. The Kier molecular flexibility index (Phi) is 5.69. The Morgan fingerprint density at radius 2 is 2.16 bits per heavy atom. The molecule has 0 bridgehead atoms. The van der Waals surface area contributed by atoms with E-state index in [-0.39, 0.29) is 12.5 Å². The number of esters is 1. The van der Waals surface area contributed by atoms with Crippen LogP contribution in [0, 0.1) is 6.92 Å². The van der Waals surface area contributed by atoms with Gasteiger partial charge in [0.25, 0.3) is 5.91 Å². The minimum absolute atomic E-state index is 0.170. The summed E-state index contributed by atoms with van der Waals surface area (Å²) in [7, 11) is 1.30. The quantitative estimate of drug-likeness (QED) is 0.663. The SMILES string of the molecule is COC(=O)/C=C/CNC(=O)c1sc(C(C)C)nc1C. The van der Waals surface area contributed by atoms with Gasteiger partial charge in [0.15, 0.2) is 0 Å². The van der Waals surface area contributed by atoms with E-state index in [0.29, 0.717) is 10.8 Å². The Bertz CT molecular complexity index is 492. The molecule has 0 aromatic carbocycles. The van der Waals surface area contributed by atoms with Gasteiger partial charge in [-0.2, -0.15) is 0 Å². The molecule has 1 heterocycles. The normalized spacial score (nSPS) is 11.0. The number of methoxy groups -OCH3 is 1. The van der Waals surface area contributed by atoms with Gasteiger partial charge < -0.3 is 10.1 Å². The van der Waals surface area contributed by atoms with Crippen LogP contribution in [-0.2, 0) is 9.53 Å². The van der Waals surface area contributed by atoms with Crippen LogP contribution in [0.5, 0.6) is 0 Å². The van der Waals surface area contributed by atoms with Crippen molar-refractivity contribution in [2.75, 3.05) is 13.7 Å². The summed E-state index contributed by atoms with van der Waals surface area (Å²) in [5, 5.41) is 3.66. The van der Waals surface area contributed by atoms with Crippen LogP contribution in [0.3, 0.4) is 0 Å². The zero-order valence-electron chi connectivity index (χ0n) is 11.5. The minimum atomic E-state index is -0.440. The van der Waals surface area contributed by atoms with E-state index in [1.807, 2.05) is 20.8 Å². The van der Waals surface area contributed by atoms with Gasteiger partial charge in [0.2, 0.25) is 0 Å². The van der Waals surface area contributed by atoms with Crippen molar-refractivity contribution in [1.82, 2.24) is 10.3 Å². The van der Waals surface area contributed by atoms with Crippen LogP contribution in [0.4, 0.5) is 0 Å². The zero-order chi connectivity index (χ0) is 14.4. The highest BCUT2D eigenvalue weighted by atomic mass is 32.1. The molecule has 1 N–H and O–H groups in total. The lowest BCUT2D eigenvalue weighted by Gasteiger charge is -1.99. The van der Waals surface area contributed by atoms with E-state index in [9.17, 15) is 9.59 Å². The third-order valence-corrected chi connectivity index (χ3v) is 3.81. The number of amides is 1. The van der Waals surface area contributed by atoms with E-state index < -0.39 is 5.97 Å². The number of nitrogens with one attached hydrogen (secondary N) is 1. The Hall–Kier alpha value is -1.69. The van der Waals surface area contributed by atoms with Gasteiger partial charge in [-0.3, -0.25) is 4.79 Å². The van der Waals surface area contributed by atoms with Crippen LogP contribution in [0.25, 0.3) is 0 Å². The highest BCUT2D eigenvalue weighted by molar-refractivity contribution is 7.13. The van der Waals surface area contributed by atoms with Gasteiger partial charge >= 0.3 is 5.97 Å². The number of carbonyl (C=O) groups is 2. The number of aromatic nitrogens is 1. The summed E-state index contributed by atoms with van der Waals surface area (Å²) in [5.74, 6) is -0.300. The minimum Gasteiger partial charge on any atom is -0.466 e. The van der Waals surface area contributed by atoms with Gasteiger partial charge in [-0.1, -0.05) is 19.9 Å². The summed E-state index contributed by atoms with van der Waals surface area (Å²) < 4.78 is 4.44. The molecule has 0 aliphatic heterocycles. The molecule has 6 heteroatoms. The van der Waals surface area contributed by atoms with Crippen molar-refractivity contribution in [2.45, 2.75) is 26.7 Å². The molecule has 0 saturated heterocycles. The van der Waals surface area contributed by atoms with E-state index in [1.54, 1.807) is 6.08 Å². The lowest BCUT2D eigenvalue weighted by Crippen LogP contribution is -2.23. The summed E-state index contributed by atoms with van der Waals surface area (Å²) in [6.07, 6.45) is 2.82. The first-order valence-electron chi connectivity index (χ1n) is 5.95. The van der Waals surface area contributed by atoms with Gasteiger partial charge in [0.05, 0.1) is 17.8 Å². The lowest BCUT2D eigenvalue weighted by atomic mass is 10.2. The third kappa shape index (κ3) is 4.48.